The third-order valence-electron chi connectivity index (χ3n) is 3.44. The van der Waals surface area contributed by atoms with Crippen molar-refractivity contribution in [2.45, 2.75) is 39.7 Å². The largest absolute Gasteiger partial charge is 0.369 e. The molecular weight excluding hydrogens is 266 g/mol. The molecule has 0 aliphatic carbocycles. The molecule has 0 aliphatic heterocycles. The van der Waals surface area contributed by atoms with Crippen molar-refractivity contribution in [2.24, 2.45) is 11.1 Å². The van der Waals surface area contributed by atoms with Gasteiger partial charge in [-0.3, -0.25) is 4.79 Å². The maximum Gasteiger partial charge on any atom is 0.315 e. The summed E-state index contributed by atoms with van der Waals surface area (Å²) in [7, 11) is 0. The van der Waals surface area contributed by atoms with Crippen molar-refractivity contribution in [1.29, 1.82) is 0 Å². The van der Waals surface area contributed by atoms with Gasteiger partial charge < -0.3 is 16.4 Å². The first kappa shape index (κ1) is 17.0. The quantitative estimate of drug-likeness (QED) is 0.716. The second kappa shape index (κ2) is 7.67. The summed E-state index contributed by atoms with van der Waals surface area (Å²) in [5.74, 6) is -0.431. The molecule has 1 aromatic rings. The van der Waals surface area contributed by atoms with E-state index in [0.717, 1.165) is 12.8 Å². The molecule has 0 bridgehead atoms. The number of urea groups is 1. The summed E-state index contributed by atoms with van der Waals surface area (Å²) in [6.45, 7) is 5.59. The second-order valence-corrected chi connectivity index (χ2v) is 6.00. The Bertz CT molecular complexity index is 472. The minimum absolute atomic E-state index is 0.0573. The van der Waals surface area contributed by atoms with E-state index in [1.165, 1.54) is 5.56 Å². The van der Waals surface area contributed by atoms with Crippen LogP contribution >= 0.6 is 0 Å². The van der Waals surface area contributed by atoms with E-state index in [1.807, 2.05) is 25.1 Å². The van der Waals surface area contributed by atoms with Gasteiger partial charge in [0.25, 0.3) is 0 Å². The average molecular weight is 291 g/mol. The van der Waals surface area contributed by atoms with Crippen LogP contribution in [0.4, 0.5) is 4.79 Å². The van der Waals surface area contributed by atoms with E-state index >= 15 is 0 Å². The first-order chi connectivity index (χ1) is 9.81. The standard InChI is InChI=1S/C16H25N3O2/c1-12(9-10-13-7-5-4-6-8-13)19-15(21)18-11-16(2,3)14(17)20/h4-8,12H,9-11H2,1-3H3,(H2,17,20)(H2,18,19,21)/t12-/m1/s1. The third kappa shape index (κ3) is 6.29. The lowest BCUT2D eigenvalue weighted by Gasteiger charge is -2.22. The summed E-state index contributed by atoms with van der Waals surface area (Å²) in [6.07, 6.45) is 1.77. The number of hydrogen-bond donors (Lipinski definition) is 3. The molecule has 0 saturated heterocycles. The Morgan fingerprint density at radius 3 is 2.43 bits per heavy atom. The lowest BCUT2D eigenvalue weighted by Crippen LogP contribution is -2.47. The van der Waals surface area contributed by atoms with Gasteiger partial charge in [-0.25, -0.2) is 4.79 Å². The molecule has 0 radical (unpaired) electrons. The average Bonchev–Trinajstić information content (AvgIpc) is 2.44. The number of nitrogens with two attached hydrogens (primary N) is 1. The maximum absolute atomic E-state index is 11.8. The fraction of sp³-hybridized carbons (Fsp3) is 0.500. The number of carbonyl (C=O) groups is 2. The molecule has 116 valence electrons. The molecule has 0 spiro atoms. The molecule has 0 unspecified atom stereocenters. The molecule has 0 aliphatic rings. The Morgan fingerprint density at radius 1 is 1.24 bits per heavy atom. The number of benzene rings is 1. The van der Waals surface area contributed by atoms with Crippen LogP contribution in [0.2, 0.25) is 0 Å². The van der Waals surface area contributed by atoms with Crippen molar-refractivity contribution in [1.82, 2.24) is 10.6 Å². The predicted molar refractivity (Wildman–Crippen MR) is 83.7 cm³/mol. The molecule has 21 heavy (non-hydrogen) atoms. The minimum Gasteiger partial charge on any atom is -0.369 e. The Morgan fingerprint density at radius 2 is 1.86 bits per heavy atom. The predicted octanol–water partition coefficient (Wildman–Crippen LogP) is 1.82. The fourth-order valence-electron chi connectivity index (χ4n) is 1.76. The van der Waals surface area contributed by atoms with Crippen LogP contribution in [-0.2, 0) is 11.2 Å². The van der Waals surface area contributed by atoms with Crippen LogP contribution in [-0.4, -0.2) is 24.5 Å². The van der Waals surface area contributed by atoms with Crippen molar-refractivity contribution >= 4 is 11.9 Å². The van der Waals surface area contributed by atoms with Gasteiger partial charge >= 0.3 is 6.03 Å². The summed E-state index contributed by atoms with van der Waals surface area (Å²) in [6, 6.07) is 9.92. The van der Waals surface area contributed by atoms with Gasteiger partial charge in [0.05, 0.1) is 5.41 Å². The van der Waals surface area contributed by atoms with E-state index in [2.05, 4.69) is 22.8 Å². The monoisotopic (exact) mass is 291 g/mol. The molecule has 0 aromatic heterocycles. The molecule has 1 atom stereocenters. The van der Waals surface area contributed by atoms with E-state index < -0.39 is 11.3 Å². The Kier molecular flexibility index (Phi) is 6.21. The summed E-state index contributed by atoms with van der Waals surface area (Å²) in [5, 5.41) is 5.54. The van der Waals surface area contributed by atoms with Crippen molar-refractivity contribution in [2.75, 3.05) is 6.54 Å². The van der Waals surface area contributed by atoms with Crippen LogP contribution in [0.25, 0.3) is 0 Å². The van der Waals surface area contributed by atoms with Crippen LogP contribution in [0.3, 0.4) is 0 Å². The number of amides is 3. The smallest absolute Gasteiger partial charge is 0.315 e. The molecule has 0 fully saturated rings. The zero-order valence-electron chi connectivity index (χ0n) is 13.0. The van der Waals surface area contributed by atoms with E-state index in [9.17, 15) is 9.59 Å². The fourth-order valence-corrected chi connectivity index (χ4v) is 1.76. The molecule has 1 rings (SSSR count). The molecular formula is C16H25N3O2. The number of aryl methyl sites for hydroxylation is 1. The highest BCUT2D eigenvalue weighted by Gasteiger charge is 2.25. The van der Waals surface area contributed by atoms with Gasteiger partial charge in [0.1, 0.15) is 0 Å². The molecule has 0 heterocycles. The Hall–Kier alpha value is -2.04. The van der Waals surface area contributed by atoms with Crippen LogP contribution in [0, 0.1) is 5.41 Å². The molecule has 1 aromatic carbocycles. The van der Waals surface area contributed by atoms with E-state index in [0.29, 0.717) is 0 Å². The van der Waals surface area contributed by atoms with E-state index in [1.54, 1.807) is 13.8 Å². The second-order valence-electron chi connectivity index (χ2n) is 6.00. The van der Waals surface area contributed by atoms with Crippen molar-refractivity contribution in [3.8, 4) is 0 Å². The van der Waals surface area contributed by atoms with Gasteiger partial charge in [-0.15, -0.1) is 0 Å². The normalized spacial score (nSPS) is 12.5. The van der Waals surface area contributed by atoms with Gasteiger partial charge in [0.2, 0.25) is 5.91 Å². The highest BCUT2D eigenvalue weighted by atomic mass is 16.2. The molecule has 4 N–H and O–H groups in total. The van der Waals surface area contributed by atoms with Crippen molar-refractivity contribution < 1.29 is 9.59 Å². The lowest BCUT2D eigenvalue weighted by atomic mass is 9.93. The summed E-state index contributed by atoms with van der Waals surface area (Å²) >= 11 is 0. The van der Waals surface area contributed by atoms with Crippen LogP contribution in [0.15, 0.2) is 30.3 Å². The van der Waals surface area contributed by atoms with E-state index in [-0.39, 0.29) is 18.6 Å². The summed E-state index contributed by atoms with van der Waals surface area (Å²) in [5.41, 5.74) is 5.77. The highest BCUT2D eigenvalue weighted by molar-refractivity contribution is 5.81. The number of hydrogen-bond acceptors (Lipinski definition) is 2. The van der Waals surface area contributed by atoms with Gasteiger partial charge in [0, 0.05) is 12.6 Å². The van der Waals surface area contributed by atoms with Gasteiger partial charge in [-0.1, -0.05) is 30.3 Å². The van der Waals surface area contributed by atoms with Gasteiger partial charge in [0.15, 0.2) is 0 Å². The topological polar surface area (TPSA) is 84.2 Å². The molecule has 5 heteroatoms. The Labute approximate surface area is 126 Å². The first-order valence-electron chi connectivity index (χ1n) is 7.19. The van der Waals surface area contributed by atoms with Crippen molar-refractivity contribution in [3.05, 3.63) is 35.9 Å². The molecule has 5 nitrogen and oxygen atoms in total. The van der Waals surface area contributed by atoms with E-state index in [4.69, 9.17) is 5.73 Å². The zero-order chi connectivity index (χ0) is 15.9. The minimum atomic E-state index is -0.745. The number of carbonyl (C=O) groups excluding carboxylic acids is 2. The zero-order valence-corrected chi connectivity index (χ0v) is 13.0. The first-order valence-corrected chi connectivity index (χ1v) is 7.19. The van der Waals surface area contributed by atoms with Crippen molar-refractivity contribution in [3.63, 3.8) is 0 Å². The molecule has 3 amide bonds. The number of rotatable bonds is 7. The van der Waals surface area contributed by atoms with Crippen LogP contribution < -0.4 is 16.4 Å². The number of nitrogens with one attached hydrogen (secondary N) is 2. The van der Waals surface area contributed by atoms with Gasteiger partial charge in [-0.05, 0) is 39.2 Å². The highest BCUT2D eigenvalue weighted by Crippen LogP contribution is 2.11. The van der Waals surface area contributed by atoms with Gasteiger partial charge in [-0.2, -0.15) is 0 Å². The van der Waals surface area contributed by atoms with Crippen LogP contribution in [0.5, 0.6) is 0 Å². The maximum atomic E-state index is 11.8. The summed E-state index contributed by atoms with van der Waals surface area (Å²) < 4.78 is 0. The third-order valence-corrected chi connectivity index (χ3v) is 3.44. The SMILES string of the molecule is C[C@H](CCc1ccccc1)NC(=O)NCC(C)(C)C(N)=O. The molecule has 0 saturated carbocycles. The lowest BCUT2D eigenvalue weighted by molar-refractivity contribution is -0.125. The summed E-state index contributed by atoms with van der Waals surface area (Å²) in [4.78, 5) is 22.9. The van der Waals surface area contributed by atoms with Crippen LogP contribution in [0.1, 0.15) is 32.8 Å². The number of primary amides is 1. The Balaban J connectivity index is 2.29.